The maximum Gasteiger partial charge on any atom is 0.208 e. The van der Waals surface area contributed by atoms with Gasteiger partial charge >= 0.3 is 0 Å². The van der Waals surface area contributed by atoms with Crippen LogP contribution in [0.4, 0.5) is 5.00 Å². The van der Waals surface area contributed by atoms with Gasteiger partial charge in [-0.15, -0.1) is 23.1 Å². The maximum absolute atomic E-state index is 12.9. The number of benzene rings is 1. The van der Waals surface area contributed by atoms with Crippen molar-refractivity contribution in [2.45, 2.75) is 14.0 Å². The molecule has 1 N–H and O–H groups in total. The van der Waals surface area contributed by atoms with Crippen molar-refractivity contribution in [3.05, 3.63) is 29.0 Å². The van der Waals surface area contributed by atoms with Crippen LogP contribution >= 0.6 is 39.0 Å². The Hall–Kier alpha value is -1.16. The molecule has 0 unspecified atom stereocenters. The zero-order valence-electron chi connectivity index (χ0n) is 11.3. The predicted octanol–water partition coefficient (Wildman–Crippen LogP) is 4.27. The van der Waals surface area contributed by atoms with Gasteiger partial charge in [0.2, 0.25) is 9.84 Å². The van der Waals surface area contributed by atoms with Crippen LogP contribution in [0.1, 0.15) is 0 Å². The average molecular weight is 416 g/mol. The van der Waals surface area contributed by atoms with Crippen molar-refractivity contribution in [2.24, 2.45) is 4.99 Å². The summed E-state index contributed by atoms with van der Waals surface area (Å²) in [4.78, 5) is 11.4. The quantitative estimate of drug-likeness (QED) is 0.509. The molecule has 3 aromatic rings. The lowest BCUT2D eigenvalue weighted by Crippen LogP contribution is -2.02. The summed E-state index contributed by atoms with van der Waals surface area (Å²) in [5, 5.41) is 0.588. The first-order valence-electron chi connectivity index (χ1n) is 5.99. The first-order chi connectivity index (χ1) is 10.5. The number of fused-ring (bicyclic) bond motifs is 1. The molecule has 0 bridgehead atoms. The van der Waals surface area contributed by atoms with Crippen molar-refractivity contribution >= 4 is 71.6 Å². The molecule has 0 radical (unpaired) electrons. The van der Waals surface area contributed by atoms with Crippen LogP contribution in [0.2, 0.25) is 0 Å². The number of nitrogens with one attached hydrogen (secondary N) is 1. The van der Waals surface area contributed by atoms with E-state index in [-0.39, 0.29) is 9.79 Å². The highest BCUT2D eigenvalue weighted by atomic mass is 79.9. The molecule has 0 aliphatic rings. The van der Waals surface area contributed by atoms with Gasteiger partial charge in [-0.2, -0.15) is 0 Å². The lowest BCUT2D eigenvalue weighted by molar-refractivity contribution is 0.595. The van der Waals surface area contributed by atoms with Crippen LogP contribution in [0.25, 0.3) is 11.0 Å². The number of hydrogen-bond donors (Lipinski definition) is 1. The fourth-order valence-corrected chi connectivity index (χ4v) is 6.57. The van der Waals surface area contributed by atoms with E-state index in [0.717, 1.165) is 0 Å². The van der Waals surface area contributed by atoms with Gasteiger partial charge in [0.25, 0.3) is 0 Å². The van der Waals surface area contributed by atoms with Gasteiger partial charge in [-0.1, -0.05) is 0 Å². The molecule has 2 aromatic heterocycles. The molecule has 0 atom stereocenters. The summed E-state index contributed by atoms with van der Waals surface area (Å²) in [6.45, 7) is 3.46. The molecule has 22 heavy (non-hydrogen) atoms. The second-order valence-electron chi connectivity index (χ2n) is 4.31. The highest BCUT2D eigenvalue weighted by Crippen LogP contribution is 2.41. The third-order valence-electron chi connectivity index (χ3n) is 3.04. The van der Waals surface area contributed by atoms with E-state index in [0.29, 0.717) is 24.7 Å². The summed E-state index contributed by atoms with van der Waals surface area (Å²) in [6, 6.07) is 4.72. The summed E-state index contributed by atoms with van der Waals surface area (Å²) in [7, 11) is -3.64. The van der Waals surface area contributed by atoms with E-state index in [2.05, 4.69) is 37.6 Å². The molecule has 0 fully saturated rings. The summed E-state index contributed by atoms with van der Waals surface area (Å²) < 4.78 is 27.2. The van der Waals surface area contributed by atoms with Crippen molar-refractivity contribution in [2.75, 3.05) is 6.26 Å². The number of rotatable bonds is 4. The third kappa shape index (κ3) is 2.51. The number of nitrogens with zero attached hydrogens (tertiary/aromatic N) is 2. The smallest absolute Gasteiger partial charge is 0.208 e. The van der Waals surface area contributed by atoms with Crippen molar-refractivity contribution in [3.63, 3.8) is 0 Å². The van der Waals surface area contributed by atoms with Crippen molar-refractivity contribution in [1.29, 1.82) is 0 Å². The maximum atomic E-state index is 12.9. The van der Waals surface area contributed by atoms with Crippen LogP contribution < -0.4 is 0 Å². The van der Waals surface area contributed by atoms with E-state index in [1.165, 1.54) is 29.4 Å². The molecule has 0 saturated heterocycles. The molecule has 0 aliphatic carbocycles. The number of hydrogen-bond acceptors (Lipinski definition) is 6. The van der Waals surface area contributed by atoms with Crippen LogP contribution in [0.5, 0.6) is 0 Å². The molecule has 5 nitrogen and oxygen atoms in total. The number of halogens is 1. The summed E-state index contributed by atoms with van der Waals surface area (Å²) in [5.74, 6) is 0. The normalized spacial score (nSPS) is 11.9. The zero-order valence-corrected chi connectivity index (χ0v) is 15.4. The predicted molar refractivity (Wildman–Crippen MR) is 94.6 cm³/mol. The molecule has 2 heterocycles. The Balaban J connectivity index is 2.23. The monoisotopic (exact) mass is 415 g/mol. The van der Waals surface area contributed by atoms with E-state index in [9.17, 15) is 8.42 Å². The van der Waals surface area contributed by atoms with Crippen LogP contribution in [0.15, 0.2) is 48.0 Å². The van der Waals surface area contributed by atoms with Crippen LogP contribution in [0, 0.1) is 0 Å². The Morgan fingerprint density at radius 1 is 1.41 bits per heavy atom. The Bertz CT molecular complexity index is 976. The Kier molecular flexibility index (Phi) is 4.15. The van der Waals surface area contributed by atoms with Gasteiger partial charge in [-0.05, 0) is 47.1 Å². The lowest BCUT2D eigenvalue weighted by atomic mass is 10.3. The Morgan fingerprint density at radius 3 is 2.86 bits per heavy atom. The van der Waals surface area contributed by atoms with Gasteiger partial charge < -0.3 is 4.98 Å². The van der Waals surface area contributed by atoms with Crippen LogP contribution in [-0.2, 0) is 9.84 Å². The second kappa shape index (κ2) is 5.80. The molecular formula is C13H10BrN3O2S3. The zero-order chi connectivity index (χ0) is 15.9. The molecule has 114 valence electrons. The van der Waals surface area contributed by atoms with E-state index in [4.69, 9.17) is 0 Å². The number of aliphatic imine (C=N–C) groups is 1. The topological polar surface area (TPSA) is 75.2 Å². The summed E-state index contributed by atoms with van der Waals surface area (Å²) in [6.07, 6.45) is 3.37. The van der Waals surface area contributed by atoms with E-state index < -0.39 is 9.84 Å². The number of aromatic amines is 1. The number of thioether (sulfide) groups is 1. The fourth-order valence-electron chi connectivity index (χ4n) is 2.02. The molecule has 0 saturated carbocycles. The molecule has 0 spiro atoms. The highest BCUT2D eigenvalue weighted by molar-refractivity contribution is 9.10. The molecule has 1 aromatic carbocycles. The Morgan fingerprint density at radius 2 is 2.18 bits per heavy atom. The van der Waals surface area contributed by atoms with Gasteiger partial charge in [0.15, 0.2) is 0 Å². The molecule has 0 aliphatic heterocycles. The van der Waals surface area contributed by atoms with Crippen LogP contribution in [-0.4, -0.2) is 31.4 Å². The Labute approximate surface area is 143 Å². The van der Waals surface area contributed by atoms with Gasteiger partial charge in [0.1, 0.15) is 10.5 Å². The minimum absolute atomic E-state index is 0.208. The second-order valence-corrected chi connectivity index (χ2v) is 9.18. The molecule has 3 rings (SSSR count). The number of aromatic nitrogens is 2. The first kappa shape index (κ1) is 15.7. The van der Waals surface area contributed by atoms with Crippen LogP contribution in [0.3, 0.4) is 0 Å². The fraction of sp³-hybridized carbons (Fsp3) is 0.0769. The van der Waals surface area contributed by atoms with Crippen molar-refractivity contribution in [3.8, 4) is 0 Å². The van der Waals surface area contributed by atoms with E-state index in [1.807, 2.05) is 6.26 Å². The van der Waals surface area contributed by atoms with E-state index >= 15 is 0 Å². The lowest BCUT2D eigenvalue weighted by Gasteiger charge is -2.05. The van der Waals surface area contributed by atoms with Crippen molar-refractivity contribution in [1.82, 2.24) is 9.97 Å². The summed E-state index contributed by atoms with van der Waals surface area (Å²) in [5.41, 5.74) is 1.36. The van der Waals surface area contributed by atoms with E-state index in [1.54, 1.807) is 18.2 Å². The first-order valence-corrected chi connectivity index (χ1v) is 10.3. The minimum atomic E-state index is -3.64. The van der Waals surface area contributed by atoms with Gasteiger partial charge in [-0.25, -0.2) is 13.4 Å². The highest BCUT2D eigenvalue weighted by Gasteiger charge is 2.25. The summed E-state index contributed by atoms with van der Waals surface area (Å²) >= 11 is 6.06. The average Bonchev–Trinajstić information content (AvgIpc) is 3.13. The molecule has 9 heteroatoms. The third-order valence-corrected chi connectivity index (χ3v) is 7.87. The SMILES string of the molecule is C=Nc1cc(S(=O)(=O)c2cc(Br)c3nc[nH]c3c2)c(SC)s1. The van der Waals surface area contributed by atoms with Gasteiger partial charge in [0, 0.05) is 4.47 Å². The molecular weight excluding hydrogens is 406 g/mol. The number of H-pyrrole nitrogens is 1. The largest absolute Gasteiger partial charge is 0.345 e. The number of thiophene rings is 1. The minimum Gasteiger partial charge on any atom is -0.345 e. The molecule has 0 amide bonds. The van der Waals surface area contributed by atoms with Crippen molar-refractivity contribution < 1.29 is 8.42 Å². The standard InChI is InChI=1S/C13H10BrN3O2S3/c1-15-11-5-10(13(20-2)21-11)22(18,19)7-3-8(14)12-9(4-7)16-6-17-12/h3-6H,1H2,2H3,(H,16,17). The number of imidazole rings is 1. The van der Waals surface area contributed by atoms with Gasteiger partial charge in [-0.3, -0.25) is 4.99 Å². The number of sulfone groups is 1. The van der Waals surface area contributed by atoms with Gasteiger partial charge in [0.05, 0.1) is 25.8 Å².